The van der Waals surface area contributed by atoms with Crippen LogP contribution >= 0.6 is 0 Å². The van der Waals surface area contributed by atoms with Gasteiger partial charge in [-0.05, 0) is 37.1 Å². The molecule has 1 atom stereocenters. The van der Waals surface area contributed by atoms with E-state index in [2.05, 4.69) is 34.1 Å². The normalized spacial score (nSPS) is 13.2. The van der Waals surface area contributed by atoms with E-state index < -0.39 is 0 Å². The number of aromatic nitrogens is 1. The van der Waals surface area contributed by atoms with Crippen LogP contribution in [0.1, 0.15) is 12.5 Å². The van der Waals surface area contributed by atoms with E-state index in [1.807, 2.05) is 20.2 Å². The summed E-state index contributed by atoms with van der Waals surface area (Å²) in [7, 11) is 1.94. The molecule has 3 heteroatoms. The fourth-order valence-electron chi connectivity index (χ4n) is 1.99. The number of hydrogen-bond donors (Lipinski definition) is 2. The number of benzene rings is 1. The third-order valence-corrected chi connectivity index (χ3v) is 2.68. The lowest BCUT2D eigenvalue weighted by Gasteiger charge is -2.08. The zero-order valence-corrected chi connectivity index (χ0v) is 9.77. The first-order valence-corrected chi connectivity index (χ1v) is 5.61. The molecule has 2 rings (SSSR count). The molecular weight excluding hydrogens is 200 g/mol. The predicted molar refractivity (Wildman–Crippen MR) is 66.4 cm³/mol. The lowest BCUT2D eigenvalue weighted by molar-refractivity contribution is 0.175. The van der Waals surface area contributed by atoms with Crippen LogP contribution in [0, 0.1) is 0 Å². The summed E-state index contributed by atoms with van der Waals surface area (Å²) in [6.45, 7) is 3.32. The Hall–Kier alpha value is -1.32. The van der Waals surface area contributed by atoms with Crippen molar-refractivity contribution < 1.29 is 5.11 Å². The van der Waals surface area contributed by atoms with Gasteiger partial charge in [-0.2, -0.15) is 0 Å². The van der Waals surface area contributed by atoms with Crippen molar-refractivity contribution in [2.45, 2.75) is 26.1 Å². The first-order chi connectivity index (χ1) is 7.70. The van der Waals surface area contributed by atoms with E-state index in [0.717, 1.165) is 6.54 Å². The van der Waals surface area contributed by atoms with Crippen molar-refractivity contribution in [3.63, 3.8) is 0 Å². The van der Waals surface area contributed by atoms with Crippen molar-refractivity contribution >= 4 is 10.9 Å². The molecule has 1 unspecified atom stereocenters. The smallest absolute Gasteiger partial charge is 0.0691 e. The van der Waals surface area contributed by atoms with Gasteiger partial charge in [0.1, 0.15) is 0 Å². The second-order valence-electron chi connectivity index (χ2n) is 4.24. The summed E-state index contributed by atoms with van der Waals surface area (Å²) in [6.07, 6.45) is 1.71. The fraction of sp³-hybridized carbons (Fsp3) is 0.385. The second-order valence-corrected chi connectivity index (χ2v) is 4.24. The SMILES string of the molecule is CNCc1ccc2ccn(CC(C)O)c2c1. The van der Waals surface area contributed by atoms with Gasteiger partial charge < -0.3 is 15.0 Å². The molecule has 16 heavy (non-hydrogen) atoms. The van der Waals surface area contributed by atoms with E-state index in [9.17, 15) is 5.11 Å². The van der Waals surface area contributed by atoms with Gasteiger partial charge in [0.15, 0.2) is 0 Å². The van der Waals surface area contributed by atoms with Gasteiger partial charge in [-0.3, -0.25) is 0 Å². The Morgan fingerprint density at radius 2 is 2.19 bits per heavy atom. The molecule has 86 valence electrons. The van der Waals surface area contributed by atoms with E-state index in [-0.39, 0.29) is 6.10 Å². The predicted octanol–water partition coefficient (Wildman–Crippen LogP) is 1.74. The summed E-state index contributed by atoms with van der Waals surface area (Å²) in [5, 5.41) is 13.8. The van der Waals surface area contributed by atoms with Crippen molar-refractivity contribution in [3.8, 4) is 0 Å². The molecule has 0 spiro atoms. The number of aliphatic hydroxyl groups excluding tert-OH is 1. The highest BCUT2D eigenvalue weighted by Gasteiger charge is 2.04. The Balaban J connectivity index is 2.39. The van der Waals surface area contributed by atoms with Gasteiger partial charge in [0.25, 0.3) is 0 Å². The van der Waals surface area contributed by atoms with E-state index in [1.165, 1.54) is 16.5 Å². The van der Waals surface area contributed by atoms with Crippen molar-refractivity contribution in [1.82, 2.24) is 9.88 Å². The zero-order valence-electron chi connectivity index (χ0n) is 9.77. The Labute approximate surface area is 95.7 Å². The number of aliphatic hydroxyl groups is 1. The van der Waals surface area contributed by atoms with Crippen LogP contribution in [-0.2, 0) is 13.1 Å². The number of fused-ring (bicyclic) bond motifs is 1. The minimum absolute atomic E-state index is 0.316. The van der Waals surface area contributed by atoms with Gasteiger partial charge in [-0.15, -0.1) is 0 Å². The monoisotopic (exact) mass is 218 g/mol. The van der Waals surface area contributed by atoms with Crippen LogP contribution in [0.5, 0.6) is 0 Å². The van der Waals surface area contributed by atoms with E-state index in [1.54, 1.807) is 0 Å². The zero-order chi connectivity index (χ0) is 11.5. The Morgan fingerprint density at radius 3 is 2.88 bits per heavy atom. The summed E-state index contributed by atoms with van der Waals surface area (Å²) < 4.78 is 2.10. The largest absolute Gasteiger partial charge is 0.392 e. The lowest BCUT2D eigenvalue weighted by atomic mass is 10.1. The molecule has 1 aromatic carbocycles. The van der Waals surface area contributed by atoms with Crippen molar-refractivity contribution in [1.29, 1.82) is 0 Å². The molecule has 0 saturated carbocycles. The van der Waals surface area contributed by atoms with Crippen molar-refractivity contribution in [3.05, 3.63) is 36.0 Å². The summed E-state index contributed by atoms with van der Waals surface area (Å²) >= 11 is 0. The number of hydrogen-bond acceptors (Lipinski definition) is 2. The third kappa shape index (κ3) is 2.26. The molecule has 1 heterocycles. The minimum Gasteiger partial charge on any atom is -0.392 e. The van der Waals surface area contributed by atoms with Crippen LogP contribution in [-0.4, -0.2) is 22.8 Å². The molecule has 0 bridgehead atoms. The Bertz CT molecular complexity index is 474. The average molecular weight is 218 g/mol. The van der Waals surface area contributed by atoms with Crippen LogP contribution < -0.4 is 5.32 Å². The first-order valence-electron chi connectivity index (χ1n) is 5.61. The molecule has 0 saturated heterocycles. The molecule has 1 aromatic heterocycles. The van der Waals surface area contributed by atoms with E-state index in [4.69, 9.17) is 0 Å². The molecule has 0 amide bonds. The van der Waals surface area contributed by atoms with Crippen LogP contribution in [0.2, 0.25) is 0 Å². The standard InChI is InChI=1S/C13H18N2O/c1-10(16)9-15-6-5-12-4-3-11(8-14-2)7-13(12)15/h3-7,10,14,16H,8-9H2,1-2H3. The summed E-state index contributed by atoms with van der Waals surface area (Å²) in [5.41, 5.74) is 2.45. The molecular formula is C13H18N2O. The van der Waals surface area contributed by atoms with Gasteiger partial charge in [-0.1, -0.05) is 12.1 Å². The number of rotatable bonds is 4. The van der Waals surface area contributed by atoms with Crippen molar-refractivity contribution in [2.75, 3.05) is 7.05 Å². The molecule has 2 N–H and O–H groups in total. The summed E-state index contributed by atoms with van der Waals surface area (Å²) in [6, 6.07) is 8.52. The fourth-order valence-corrected chi connectivity index (χ4v) is 1.99. The molecule has 0 aliphatic heterocycles. The molecule has 0 aliphatic carbocycles. The maximum absolute atomic E-state index is 9.42. The Kier molecular flexibility index (Phi) is 3.27. The summed E-state index contributed by atoms with van der Waals surface area (Å²) in [5.74, 6) is 0. The minimum atomic E-state index is -0.316. The molecule has 3 nitrogen and oxygen atoms in total. The van der Waals surface area contributed by atoms with Crippen LogP contribution in [0.25, 0.3) is 10.9 Å². The van der Waals surface area contributed by atoms with Gasteiger partial charge >= 0.3 is 0 Å². The number of nitrogens with zero attached hydrogens (tertiary/aromatic N) is 1. The third-order valence-electron chi connectivity index (χ3n) is 2.68. The molecule has 0 aliphatic rings. The topological polar surface area (TPSA) is 37.2 Å². The van der Waals surface area contributed by atoms with E-state index in [0.29, 0.717) is 6.54 Å². The van der Waals surface area contributed by atoms with Crippen LogP contribution in [0.3, 0.4) is 0 Å². The van der Waals surface area contributed by atoms with E-state index >= 15 is 0 Å². The second kappa shape index (κ2) is 4.68. The van der Waals surface area contributed by atoms with Gasteiger partial charge in [0.05, 0.1) is 6.10 Å². The first kappa shape index (κ1) is 11.2. The van der Waals surface area contributed by atoms with Gasteiger partial charge in [0, 0.05) is 24.8 Å². The highest BCUT2D eigenvalue weighted by Crippen LogP contribution is 2.18. The highest BCUT2D eigenvalue weighted by atomic mass is 16.3. The summed E-state index contributed by atoms with van der Waals surface area (Å²) in [4.78, 5) is 0. The Morgan fingerprint density at radius 1 is 1.38 bits per heavy atom. The van der Waals surface area contributed by atoms with Gasteiger partial charge in [0.2, 0.25) is 0 Å². The molecule has 2 aromatic rings. The maximum atomic E-state index is 9.42. The molecule has 0 radical (unpaired) electrons. The lowest BCUT2D eigenvalue weighted by Crippen LogP contribution is -2.11. The quantitative estimate of drug-likeness (QED) is 0.820. The average Bonchev–Trinajstić information content (AvgIpc) is 2.61. The molecule has 0 fully saturated rings. The van der Waals surface area contributed by atoms with Crippen molar-refractivity contribution in [2.24, 2.45) is 0 Å². The van der Waals surface area contributed by atoms with Crippen LogP contribution in [0.15, 0.2) is 30.5 Å². The van der Waals surface area contributed by atoms with Gasteiger partial charge in [-0.25, -0.2) is 0 Å². The van der Waals surface area contributed by atoms with Crippen LogP contribution in [0.4, 0.5) is 0 Å². The maximum Gasteiger partial charge on any atom is 0.0691 e. The number of nitrogens with one attached hydrogen (secondary N) is 1. The highest BCUT2D eigenvalue weighted by molar-refractivity contribution is 5.80.